The fourth-order valence-corrected chi connectivity index (χ4v) is 2.98. The predicted octanol–water partition coefficient (Wildman–Crippen LogP) is 5.11. The Morgan fingerprint density at radius 2 is 1.54 bits per heavy atom. The monoisotopic (exact) mass is 380 g/mol. The lowest BCUT2D eigenvalue weighted by Gasteiger charge is -2.21. The molecule has 0 aromatic heterocycles. The van der Waals surface area contributed by atoms with Crippen LogP contribution < -0.4 is 0 Å². The molecule has 0 saturated heterocycles. The minimum Gasteiger partial charge on any atom is -0.421 e. The number of carbonyl (C=O) groups excluding carboxylic acids is 2. The van der Waals surface area contributed by atoms with Crippen LogP contribution in [0.4, 0.5) is 0 Å². The van der Waals surface area contributed by atoms with E-state index in [1.807, 2.05) is 54.6 Å². The molecule has 0 bridgehead atoms. The van der Waals surface area contributed by atoms with Gasteiger partial charge in [-0.25, -0.2) is 0 Å². The number of benzene rings is 2. The Morgan fingerprint density at radius 1 is 0.929 bits per heavy atom. The summed E-state index contributed by atoms with van der Waals surface area (Å²) in [5.74, 6) is -0.992. The molecular formula is C24H28O4. The van der Waals surface area contributed by atoms with E-state index in [-0.39, 0.29) is 0 Å². The summed E-state index contributed by atoms with van der Waals surface area (Å²) < 4.78 is 10.7. The smallest absolute Gasteiger partial charge is 0.305 e. The first kappa shape index (κ1) is 21.4. The largest absolute Gasteiger partial charge is 0.421 e. The number of carbonyl (C=O) groups is 2. The standard InChI is InChI=1S/C24H28O4/c1-4-5-13-21-14-9-10-15-22(21)17-23(16-20-11-7-6-8-12-20)24(27-18(2)25)28-19(3)26/h6-12,14-15,17,24H,4-5,13,16H2,1-3H3/b23-17+. The normalized spacial score (nSPS) is 11.4. The van der Waals surface area contributed by atoms with Crippen LogP contribution in [0, 0.1) is 0 Å². The average Bonchev–Trinajstić information content (AvgIpc) is 2.66. The van der Waals surface area contributed by atoms with Crippen molar-refractivity contribution in [2.75, 3.05) is 0 Å². The van der Waals surface area contributed by atoms with E-state index >= 15 is 0 Å². The van der Waals surface area contributed by atoms with Crippen LogP contribution in [-0.2, 0) is 31.9 Å². The number of unbranched alkanes of at least 4 members (excludes halogenated alkanes) is 1. The first-order valence-electron chi connectivity index (χ1n) is 9.66. The van der Waals surface area contributed by atoms with Crippen LogP contribution in [0.25, 0.3) is 6.08 Å². The Balaban J connectivity index is 2.45. The van der Waals surface area contributed by atoms with Crippen molar-refractivity contribution >= 4 is 18.0 Å². The summed E-state index contributed by atoms with van der Waals surface area (Å²) in [4.78, 5) is 23.2. The van der Waals surface area contributed by atoms with Crippen molar-refractivity contribution in [3.63, 3.8) is 0 Å². The summed E-state index contributed by atoms with van der Waals surface area (Å²) in [5.41, 5.74) is 4.04. The van der Waals surface area contributed by atoms with Crippen LogP contribution in [0.15, 0.2) is 60.2 Å². The van der Waals surface area contributed by atoms with Crippen LogP contribution >= 0.6 is 0 Å². The van der Waals surface area contributed by atoms with Crippen molar-refractivity contribution in [2.45, 2.75) is 52.7 Å². The second-order valence-electron chi connectivity index (χ2n) is 6.73. The Bertz CT molecular complexity index is 792. The van der Waals surface area contributed by atoms with Gasteiger partial charge in [-0.05, 0) is 35.6 Å². The molecule has 0 spiro atoms. The van der Waals surface area contributed by atoms with Crippen molar-refractivity contribution in [3.05, 3.63) is 76.9 Å². The molecule has 4 heteroatoms. The van der Waals surface area contributed by atoms with Gasteiger partial charge in [0, 0.05) is 25.8 Å². The Morgan fingerprint density at radius 3 is 2.14 bits per heavy atom. The first-order valence-corrected chi connectivity index (χ1v) is 9.66. The molecule has 0 N–H and O–H groups in total. The maximum Gasteiger partial charge on any atom is 0.305 e. The van der Waals surface area contributed by atoms with Gasteiger partial charge in [0.05, 0.1) is 0 Å². The van der Waals surface area contributed by atoms with Gasteiger partial charge in [0.1, 0.15) is 0 Å². The zero-order valence-corrected chi connectivity index (χ0v) is 16.8. The zero-order chi connectivity index (χ0) is 20.4. The third kappa shape index (κ3) is 7.03. The summed E-state index contributed by atoms with van der Waals surface area (Å²) in [6.07, 6.45) is 4.61. The van der Waals surface area contributed by atoms with E-state index in [1.165, 1.54) is 19.4 Å². The summed E-state index contributed by atoms with van der Waals surface area (Å²) in [5, 5.41) is 0. The van der Waals surface area contributed by atoms with Gasteiger partial charge in [-0.15, -0.1) is 0 Å². The van der Waals surface area contributed by atoms with Crippen molar-refractivity contribution in [1.29, 1.82) is 0 Å². The zero-order valence-electron chi connectivity index (χ0n) is 16.8. The molecule has 0 radical (unpaired) electrons. The van der Waals surface area contributed by atoms with Crippen LogP contribution in [-0.4, -0.2) is 18.2 Å². The van der Waals surface area contributed by atoms with Crippen molar-refractivity contribution in [3.8, 4) is 0 Å². The summed E-state index contributed by atoms with van der Waals surface area (Å²) in [7, 11) is 0. The van der Waals surface area contributed by atoms with E-state index in [9.17, 15) is 9.59 Å². The molecule has 0 atom stereocenters. The van der Waals surface area contributed by atoms with Gasteiger partial charge in [-0.1, -0.05) is 67.9 Å². The maximum absolute atomic E-state index is 11.6. The Hall–Kier alpha value is -2.88. The van der Waals surface area contributed by atoms with Gasteiger partial charge < -0.3 is 9.47 Å². The number of aryl methyl sites for hydroxylation is 1. The lowest BCUT2D eigenvalue weighted by molar-refractivity contribution is -0.178. The molecule has 2 aromatic rings. The Kier molecular flexibility index (Phi) is 8.47. The molecule has 0 aliphatic carbocycles. The molecule has 148 valence electrons. The van der Waals surface area contributed by atoms with E-state index in [4.69, 9.17) is 9.47 Å². The maximum atomic E-state index is 11.6. The molecule has 0 aliphatic rings. The quantitative estimate of drug-likeness (QED) is 0.448. The van der Waals surface area contributed by atoms with Gasteiger partial charge in [-0.2, -0.15) is 0 Å². The van der Waals surface area contributed by atoms with Gasteiger partial charge in [0.15, 0.2) is 0 Å². The van der Waals surface area contributed by atoms with Gasteiger partial charge in [0.25, 0.3) is 6.29 Å². The molecule has 0 fully saturated rings. The summed E-state index contributed by atoms with van der Waals surface area (Å²) >= 11 is 0. The molecule has 0 heterocycles. The van der Waals surface area contributed by atoms with Gasteiger partial charge in [-0.3, -0.25) is 9.59 Å². The SMILES string of the molecule is CCCCc1ccccc1/C=C(\Cc1ccccc1)C(OC(C)=O)OC(C)=O. The summed E-state index contributed by atoms with van der Waals surface area (Å²) in [6.45, 7) is 4.79. The molecule has 2 aromatic carbocycles. The van der Waals surface area contributed by atoms with Crippen molar-refractivity contribution in [2.24, 2.45) is 0 Å². The number of rotatable bonds is 9. The Labute approximate surface area is 167 Å². The topological polar surface area (TPSA) is 52.6 Å². The summed E-state index contributed by atoms with van der Waals surface area (Å²) in [6, 6.07) is 18.0. The van der Waals surface area contributed by atoms with Gasteiger partial charge >= 0.3 is 11.9 Å². The number of ether oxygens (including phenoxy) is 2. The molecule has 0 saturated carbocycles. The average molecular weight is 380 g/mol. The molecule has 2 rings (SSSR count). The molecule has 0 amide bonds. The lowest BCUT2D eigenvalue weighted by atomic mass is 9.97. The highest BCUT2D eigenvalue weighted by atomic mass is 16.7. The van der Waals surface area contributed by atoms with E-state index < -0.39 is 18.2 Å². The highest BCUT2D eigenvalue weighted by Crippen LogP contribution is 2.22. The van der Waals surface area contributed by atoms with E-state index in [0.29, 0.717) is 6.42 Å². The number of hydrogen-bond donors (Lipinski definition) is 0. The van der Waals surface area contributed by atoms with E-state index in [0.717, 1.165) is 36.0 Å². The number of hydrogen-bond acceptors (Lipinski definition) is 4. The third-order valence-electron chi connectivity index (χ3n) is 4.30. The highest BCUT2D eigenvalue weighted by molar-refractivity contribution is 5.70. The van der Waals surface area contributed by atoms with Crippen LogP contribution in [0.2, 0.25) is 0 Å². The first-order chi connectivity index (χ1) is 13.5. The molecule has 4 nitrogen and oxygen atoms in total. The molecular weight excluding hydrogens is 352 g/mol. The molecule has 0 unspecified atom stereocenters. The van der Waals surface area contributed by atoms with Crippen molar-refractivity contribution in [1.82, 2.24) is 0 Å². The molecule has 0 aliphatic heterocycles. The van der Waals surface area contributed by atoms with Crippen molar-refractivity contribution < 1.29 is 19.1 Å². The number of esters is 2. The van der Waals surface area contributed by atoms with E-state index in [1.54, 1.807) is 0 Å². The minimum atomic E-state index is -1.05. The van der Waals surface area contributed by atoms with Crippen LogP contribution in [0.3, 0.4) is 0 Å². The fraction of sp³-hybridized carbons (Fsp3) is 0.333. The predicted molar refractivity (Wildman–Crippen MR) is 110 cm³/mol. The van der Waals surface area contributed by atoms with E-state index in [2.05, 4.69) is 13.0 Å². The second-order valence-corrected chi connectivity index (χ2v) is 6.73. The van der Waals surface area contributed by atoms with Gasteiger partial charge in [0.2, 0.25) is 0 Å². The lowest BCUT2D eigenvalue weighted by Crippen LogP contribution is -2.25. The molecule has 28 heavy (non-hydrogen) atoms. The second kappa shape index (κ2) is 11.1. The fourth-order valence-electron chi connectivity index (χ4n) is 2.98. The van der Waals surface area contributed by atoms with Crippen LogP contribution in [0.1, 0.15) is 50.3 Å². The third-order valence-corrected chi connectivity index (χ3v) is 4.30. The minimum absolute atomic E-state index is 0.496. The highest BCUT2D eigenvalue weighted by Gasteiger charge is 2.21. The van der Waals surface area contributed by atoms with Crippen LogP contribution in [0.5, 0.6) is 0 Å².